The lowest BCUT2D eigenvalue weighted by molar-refractivity contribution is -0.404. The molecule has 2 aliphatic heterocycles. The fourth-order valence-corrected chi connectivity index (χ4v) is 4.08. The van der Waals surface area contributed by atoms with E-state index in [1.807, 2.05) is 20.8 Å². The molecule has 0 unspecified atom stereocenters. The van der Waals surface area contributed by atoms with Crippen molar-refractivity contribution >= 4 is 11.9 Å². The SMILES string of the molecule is CC1(C)[C@@]2(C(=O)O[C@H]3CCCN/C3=C/[N+](=O)[O-])CC[C@]1(C)C(=O)O2. The number of carbonyl (C=O) groups excluding carboxylic acids is 2. The summed E-state index contributed by atoms with van der Waals surface area (Å²) in [7, 11) is 0. The summed E-state index contributed by atoms with van der Waals surface area (Å²) in [6.07, 6.45) is 2.33. The van der Waals surface area contributed by atoms with Gasteiger partial charge in [-0.05, 0) is 32.6 Å². The number of nitrogens with zero attached hydrogens (tertiary/aromatic N) is 1. The van der Waals surface area contributed by atoms with E-state index in [1.54, 1.807) is 0 Å². The standard InChI is InChI=1S/C16H22N2O6/c1-14(2)15(3)6-7-16(14,24-12(15)19)13(20)23-11-5-4-8-17-10(11)9-18(21)22/h9,11,17H,4-8H2,1-3H3/b10-9+/t11-,15+,16-/m0/s1. The van der Waals surface area contributed by atoms with Crippen LogP contribution in [0, 0.1) is 20.9 Å². The lowest BCUT2D eigenvalue weighted by Gasteiger charge is -2.36. The number of nitrogens with one attached hydrogen (secondary N) is 1. The predicted octanol–water partition coefficient (Wildman–Crippen LogP) is 1.52. The fourth-order valence-electron chi connectivity index (χ4n) is 4.08. The Hall–Kier alpha value is -2.12. The largest absolute Gasteiger partial charge is 0.453 e. The molecule has 3 atom stereocenters. The smallest absolute Gasteiger partial charge is 0.351 e. The molecule has 0 aromatic carbocycles. The van der Waals surface area contributed by atoms with Crippen molar-refractivity contribution in [2.24, 2.45) is 10.8 Å². The molecule has 8 heteroatoms. The highest BCUT2D eigenvalue weighted by atomic mass is 16.6. The number of hydrogen-bond acceptors (Lipinski definition) is 7. The van der Waals surface area contributed by atoms with E-state index in [4.69, 9.17) is 9.47 Å². The highest BCUT2D eigenvalue weighted by Gasteiger charge is 2.76. The van der Waals surface area contributed by atoms with Crippen molar-refractivity contribution in [3.8, 4) is 0 Å². The number of piperidine rings is 1. The first-order valence-electron chi connectivity index (χ1n) is 8.18. The number of esters is 2. The van der Waals surface area contributed by atoms with Crippen LogP contribution in [0.4, 0.5) is 0 Å². The quantitative estimate of drug-likeness (QED) is 0.472. The lowest BCUT2D eigenvalue weighted by Crippen LogP contribution is -2.50. The summed E-state index contributed by atoms with van der Waals surface area (Å²) < 4.78 is 11.1. The summed E-state index contributed by atoms with van der Waals surface area (Å²) in [4.78, 5) is 35.3. The van der Waals surface area contributed by atoms with E-state index in [1.165, 1.54) is 0 Å². The van der Waals surface area contributed by atoms with Gasteiger partial charge in [-0.1, -0.05) is 13.8 Å². The van der Waals surface area contributed by atoms with Crippen molar-refractivity contribution in [2.45, 2.75) is 58.2 Å². The van der Waals surface area contributed by atoms with Gasteiger partial charge in [0.2, 0.25) is 5.60 Å². The molecule has 0 radical (unpaired) electrons. The Kier molecular flexibility index (Phi) is 3.62. The maximum atomic E-state index is 12.9. The zero-order valence-corrected chi connectivity index (χ0v) is 14.1. The summed E-state index contributed by atoms with van der Waals surface area (Å²) >= 11 is 0. The van der Waals surface area contributed by atoms with Gasteiger partial charge in [-0.2, -0.15) is 0 Å². The molecule has 1 saturated carbocycles. The van der Waals surface area contributed by atoms with Gasteiger partial charge in [0.25, 0.3) is 6.20 Å². The Morgan fingerprint density at radius 1 is 1.42 bits per heavy atom. The van der Waals surface area contributed by atoms with Crippen LogP contribution < -0.4 is 5.32 Å². The lowest BCUT2D eigenvalue weighted by atomic mass is 9.66. The summed E-state index contributed by atoms with van der Waals surface area (Å²) in [5, 5.41) is 13.7. The van der Waals surface area contributed by atoms with E-state index >= 15 is 0 Å². The molecule has 2 saturated heterocycles. The van der Waals surface area contributed by atoms with Crippen LogP contribution in [0.5, 0.6) is 0 Å². The molecular weight excluding hydrogens is 316 g/mol. The average molecular weight is 338 g/mol. The van der Waals surface area contributed by atoms with Crippen LogP contribution in [0.15, 0.2) is 11.9 Å². The fraction of sp³-hybridized carbons (Fsp3) is 0.750. The number of ether oxygens (including phenoxy) is 2. The molecule has 8 nitrogen and oxygen atoms in total. The Bertz CT molecular complexity index is 642. The van der Waals surface area contributed by atoms with Crippen molar-refractivity contribution in [1.82, 2.24) is 5.32 Å². The molecule has 3 aliphatic rings. The summed E-state index contributed by atoms with van der Waals surface area (Å²) in [5.41, 5.74) is -2.44. The molecule has 2 heterocycles. The van der Waals surface area contributed by atoms with Gasteiger partial charge in [-0.25, -0.2) is 4.79 Å². The average Bonchev–Trinajstić information content (AvgIpc) is 2.79. The molecule has 132 valence electrons. The van der Waals surface area contributed by atoms with E-state index in [-0.39, 0.29) is 11.7 Å². The third-order valence-corrected chi connectivity index (χ3v) is 6.23. The summed E-state index contributed by atoms with van der Waals surface area (Å²) in [5.74, 6) is -0.983. The topological polar surface area (TPSA) is 108 Å². The van der Waals surface area contributed by atoms with Crippen LogP contribution in [-0.2, 0) is 19.1 Å². The first kappa shape index (κ1) is 16.7. The minimum atomic E-state index is -1.31. The minimum Gasteiger partial charge on any atom is -0.453 e. The van der Waals surface area contributed by atoms with E-state index < -0.39 is 33.4 Å². The summed E-state index contributed by atoms with van der Waals surface area (Å²) in [6, 6.07) is 0. The second-order valence-corrected chi connectivity index (χ2v) is 7.51. The van der Waals surface area contributed by atoms with Crippen molar-refractivity contribution in [3.05, 3.63) is 22.0 Å². The van der Waals surface area contributed by atoms with Crippen LogP contribution >= 0.6 is 0 Å². The van der Waals surface area contributed by atoms with Gasteiger partial charge in [0.05, 0.1) is 10.3 Å². The van der Waals surface area contributed by atoms with Gasteiger partial charge in [0.1, 0.15) is 11.8 Å². The van der Waals surface area contributed by atoms with Crippen molar-refractivity contribution in [3.63, 3.8) is 0 Å². The molecule has 1 aliphatic carbocycles. The highest BCUT2D eigenvalue weighted by molar-refractivity contribution is 5.93. The van der Waals surface area contributed by atoms with Crippen LogP contribution in [0.25, 0.3) is 0 Å². The van der Waals surface area contributed by atoms with E-state index in [0.29, 0.717) is 25.8 Å². The van der Waals surface area contributed by atoms with E-state index in [9.17, 15) is 19.7 Å². The number of hydrogen-bond donors (Lipinski definition) is 1. The third-order valence-electron chi connectivity index (χ3n) is 6.23. The van der Waals surface area contributed by atoms with Gasteiger partial charge < -0.3 is 14.8 Å². The number of rotatable bonds is 3. The first-order valence-corrected chi connectivity index (χ1v) is 8.18. The molecule has 3 rings (SSSR count). The van der Waals surface area contributed by atoms with Gasteiger partial charge in [-0.3, -0.25) is 14.9 Å². The Morgan fingerprint density at radius 3 is 2.67 bits per heavy atom. The first-order chi connectivity index (χ1) is 11.1. The second-order valence-electron chi connectivity index (χ2n) is 7.51. The van der Waals surface area contributed by atoms with Crippen LogP contribution in [0.1, 0.15) is 46.5 Å². The van der Waals surface area contributed by atoms with Crippen LogP contribution in [0.3, 0.4) is 0 Å². The molecule has 0 aromatic heterocycles. The number of fused-ring (bicyclic) bond motifs is 2. The molecule has 24 heavy (non-hydrogen) atoms. The zero-order chi connectivity index (χ0) is 17.8. The third kappa shape index (κ3) is 2.04. The van der Waals surface area contributed by atoms with E-state index in [0.717, 1.165) is 12.6 Å². The molecule has 0 spiro atoms. The molecule has 0 aromatic rings. The number of carbonyl (C=O) groups is 2. The second kappa shape index (κ2) is 5.19. The van der Waals surface area contributed by atoms with Crippen molar-refractivity contribution in [1.29, 1.82) is 0 Å². The zero-order valence-electron chi connectivity index (χ0n) is 14.1. The Labute approximate surface area is 139 Å². The number of nitro groups is 1. The van der Waals surface area contributed by atoms with Gasteiger partial charge in [0, 0.05) is 12.0 Å². The molecule has 1 N–H and O–H groups in total. The van der Waals surface area contributed by atoms with Crippen LogP contribution in [-0.4, -0.2) is 35.1 Å². The maximum Gasteiger partial charge on any atom is 0.351 e. The van der Waals surface area contributed by atoms with Gasteiger partial charge >= 0.3 is 11.9 Å². The highest BCUT2D eigenvalue weighted by Crippen LogP contribution is 2.65. The molecule has 0 amide bonds. The van der Waals surface area contributed by atoms with Gasteiger partial charge in [-0.15, -0.1) is 0 Å². The molecular formula is C16H22N2O6. The monoisotopic (exact) mass is 338 g/mol. The van der Waals surface area contributed by atoms with Crippen LogP contribution in [0.2, 0.25) is 0 Å². The van der Waals surface area contributed by atoms with Crippen molar-refractivity contribution in [2.75, 3.05) is 6.54 Å². The Balaban J connectivity index is 1.85. The van der Waals surface area contributed by atoms with E-state index in [2.05, 4.69) is 5.32 Å². The minimum absolute atomic E-state index is 0.277. The normalized spacial score (nSPS) is 38.5. The predicted molar refractivity (Wildman–Crippen MR) is 82.1 cm³/mol. The molecule has 3 fully saturated rings. The summed E-state index contributed by atoms with van der Waals surface area (Å²) in [6.45, 7) is 6.10. The van der Waals surface area contributed by atoms with Crippen molar-refractivity contribution < 1.29 is 24.0 Å². The Morgan fingerprint density at radius 2 is 2.12 bits per heavy atom. The molecule has 2 bridgehead atoms. The maximum absolute atomic E-state index is 12.9. The van der Waals surface area contributed by atoms with Gasteiger partial charge in [0.15, 0.2) is 0 Å².